The molecule has 0 spiro atoms. The average Bonchev–Trinajstić information content (AvgIpc) is 2.88. The van der Waals surface area contributed by atoms with Crippen molar-refractivity contribution in [3.05, 3.63) is 78.4 Å². The highest BCUT2D eigenvalue weighted by molar-refractivity contribution is 7.92. The molecule has 9 nitrogen and oxygen atoms in total. The minimum absolute atomic E-state index is 0.0488. The number of anilines is 2. The highest BCUT2D eigenvalue weighted by Crippen LogP contribution is 2.26. The predicted molar refractivity (Wildman–Crippen MR) is 144 cm³/mol. The van der Waals surface area contributed by atoms with Crippen LogP contribution in [-0.2, 0) is 24.8 Å². The van der Waals surface area contributed by atoms with Gasteiger partial charge in [-0.15, -0.1) is 0 Å². The summed E-state index contributed by atoms with van der Waals surface area (Å²) in [5, 5.41) is 2.66. The summed E-state index contributed by atoms with van der Waals surface area (Å²) >= 11 is 0. The van der Waals surface area contributed by atoms with E-state index in [1.807, 2.05) is 6.92 Å². The number of aryl methyl sites for hydroxylation is 1. The van der Waals surface area contributed by atoms with Crippen LogP contribution < -0.4 is 14.4 Å². The molecule has 0 saturated heterocycles. The van der Waals surface area contributed by atoms with Gasteiger partial charge >= 0.3 is 0 Å². The Balaban J connectivity index is 1.86. The second-order valence-electron chi connectivity index (χ2n) is 8.18. The first-order valence-corrected chi connectivity index (χ1v) is 14.5. The van der Waals surface area contributed by atoms with E-state index >= 15 is 0 Å². The maximum atomic E-state index is 13.5. The molecule has 1 N–H and O–H groups in total. The molecule has 0 fully saturated rings. The number of carbonyl (C=O) groups excluding carboxylic acids is 1. The van der Waals surface area contributed by atoms with Gasteiger partial charge in [-0.1, -0.05) is 31.5 Å². The zero-order chi connectivity index (χ0) is 27.2. The Morgan fingerprint density at radius 1 is 0.784 bits per heavy atom. The first kappa shape index (κ1) is 28.2. The molecule has 0 radical (unpaired) electrons. The zero-order valence-corrected chi connectivity index (χ0v) is 22.8. The van der Waals surface area contributed by atoms with E-state index in [0.29, 0.717) is 24.5 Å². The third-order valence-electron chi connectivity index (χ3n) is 5.74. The quantitative estimate of drug-likeness (QED) is 0.391. The standard InChI is InChI=1S/C26H31N3O6S2/c1-5-28(6-2)36(31,32)24-17-9-21(10-18-24)27-26(30)19-29(22-11-13-23(35-4)14-12-22)37(33,34)25-15-7-20(3)8-16-25/h7-18H,5-6,19H2,1-4H3,(H,27,30). The van der Waals surface area contributed by atoms with Crippen LogP contribution in [-0.4, -0.2) is 53.8 Å². The van der Waals surface area contributed by atoms with Crippen molar-refractivity contribution >= 4 is 37.3 Å². The number of amides is 1. The maximum Gasteiger partial charge on any atom is 0.264 e. The number of carbonyl (C=O) groups is 1. The van der Waals surface area contributed by atoms with Crippen molar-refractivity contribution in [1.29, 1.82) is 0 Å². The van der Waals surface area contributed by atoms with Gasteiger partial charge in [-0.2, -0.15) is 4.31 Å². The Morgan fingerprint density at radius 3 is 1.81 bits per heavy atom. The summed E-state index contributed by atoms with van der Waals surface area (Å²) < 4.78 is 59.9. The largest absolute Gasteiger partial charge is 0.497 e. The topological polar surface area (TPSA) is 113 Å². The molecule has 3 rings (SSSR count). The Bertz CT molecular complexity index is 1420. The highest BCUT2D eigenvalue weighted by Gasteiger charge is 2.27. The van der Waals surface area contributed by atoms with Crippen LogP contribution >= 0.6 is 0 Å². The van der Waals surface area contributed by atoms with Gasteiger partial charge in [0.05, 0.1) is 22.6 Å². The Hall–Kier alpha value is -3.41. The highest BCUT2D eigenvalue weighted by atomic mass is 32.2. The Morgan fingerprint density at radius 2 is 1.30 bits per heavy atom. The van der Waals surface area contributed by atoms with E-state index in [1.165, 1.54) is 47.8 Å². The molecule has 3 aromatic rings. The van der Waals surface area contributed by atoms with Gasteiger partial charge < -0.3 is 10.1 Å². The number of nitrogens with zero attached hydrogens (tertiary/aromatic N) is 2. The molecule has 0 aromatic heterocycles. The van der Waals surface area contributed by atoms with Crippen LogP contribution in [0.15, 0.2) is 82.6 Å². The fourth-order valence-corrected chi connectivity index (χ4v) is 6.53. The minimum atomic E-state index is -4.07. The van der Waals surface area contributed by atoms with E-state index in [-0.39, 0.29) is 15.5 Å². The minimum Gasteiger partial charge on any atom is -0.497 e. The molecule has 0 saturated carbocycles. The van der Waals surface area contributed by atoms with E-state index in [4.69, 9.17) is 4.74 Å². The molecule has 0 aliphatic rings. The molecule has 1 amide bonds. The fraction of sp³-hybridized carbons (Fsp3) is 0.269. The normalized spacial score (nSPS) is 11.8. The predicted octanol–water partition coefficient (Wildman–Crippen LogP) is 3.87. The lowest BCUT2D eigenvalue weighted by atomic mass is 10.2. The van der Waals surface area contributed by atoms with Gasteiger partial charge in [0.1, 0.15) is 12.3 Å². The van der Waals surface area contributed by atoms with Crippen molar-refractivity contribution in [2.45, 2.75) is 30.6 Å². The number of benzene rings is 3. The van der Waals surface area contributed by atoms with Gasteiger partial charge in [-0.3, -0.25) is 9.10 Å². The Labute approximate surface area is 218 Å². The van der Waals surface area contributed by atoms with Crippen molar-refractivity contribution < 1.29 is 26.4 Å². The smallest absolute Gasteiger partial charge is 0.264 e. The van der Waals surface area contributed by atoms with Crippen LogP contribution in [0.4, 0.5) is 11.4 Å². The molecule has 198 valence electrons. The molecule has 0 aliphatic carbocycles. The molecular weight excluding hydrogens is 514 g/mol. The third kappa shape index (κ3) is 6.48. The van der Waals surface area contributed by atoms with Crippen molar-refractivity contribution in [3.63, 3.8) is 0 Å². The van der Waals surface area contributed by atoms with Crippen LogP contribution in [0.3, 0.4) is 0 Å². The van der Waals surface area contributed by atoms with Gasteiger partial charge in [0.25, 0.3) is 10.0 Å². The lowest BCUT2D eigenvalue weighted by Crippen LogP contribution is -2.38. The van der Waals surface area contributed by atoms with Crippen molar-refractivity contribution in [2.75, 3.05) is 36.4 Å². The lowest BCUT2D eigenvalue weighted by Gasteiger charge is -2.24. The third-order valence-corrected chi connectivity index (χ3v) is 9.59. The molecule has 3 aromatic carbocycles. The van der Waals surface area contributed by atoms with Crippen LogP contribution in [0, 0.1) is 6.92 Å². The molecule has 0 heterocycles. The molecule has 0 atom stereocenters. The summed E-state index contributed by atoms with van der Waals surface area (Å²) in [4.78, 5) is 13.1. The molecular formula is C26H31N3O6S2. The second-order valence-corrected chi connectivity index (χ2v) is 12.0. The summed E-state index contributed by atoms with van der Waals surface area (Å²) in [5.41, 5.74) is 1.53. The van der Waals surface area contributed by atoms with Crippen molar-refractivity contribution in [1.82, 2.24) is 4.31 Å². The Kier molecular flexibility index (Phi) is 8.95. The number of nitrogens with one attached hydrogen (secondary N) is 1. The second kappa shape index (κ2) is 11.8. The van der Waals surface area contributed by atoms with Crippen LogP contribution in [0.25, 0.3) is 0 Å². The summed E-state index contributed by atoms with van der Waals surface area (Å²) in [7, 11) is -6.21. The monoisotopic (exact) mass is 545 g/mol. The fourth-order valence-electron chi connectivity index (χ4n) is 3.65. The van der Waals surface area contributed by atoms with Crippen LogP contribution in [0.2, 0.25) is 0 Å². The molecule has 0 aliphatic heterocycles. The van der Waals surface area contributed by atoms with Gasteiger partial charge in [0.15, 0.2) is 0 Å². The van der Waals surface area contributed by atoms with Gasteiger partial charge in [-0.05, 0) is 67.6 Å². The van der Waals surface area contributed by atoms with E-state index in [2.05, 4.69) is 5.32 Å². The SMILES string of the molecule is CCN(CC)S(=O)(=O)c1ccc(NC(=O)CN(c2ccc(OC)cc2)S(=O)(=O)c2ccc(C)cc2)cc1. The number of hydrogen-bond acceptors (Lipinski definition) is 6. The van der Waals surface area contributed by atoms with E-state index in [1.54, 1.807) is 50.2 Å². The number of ether oxygens (including phenoxy) is 1. The van der Waals surface area contributed by atoms with E-state index < -0.39 is 32.5 Å². The summed E-state index contributed by atoms with van der Waals surface area (Å²) in [6.45, 7) is 5.55. The first-order valence-electron chi connectivity index (χ1n) is 11.7. The van der Waals surface area contributed by atoms with Gasteiger partial charge in [-0.25, -0.2) is 16.8 Å². The average molecular weight is 546 g/mol. The number of hydrogen-bond donors (Lipinski definition) is 1. The molecule has 11 heteroatoms. The molecule has 0 unspecified atom stereocenters. The van der Waals surface area contributed by atoms with Crippen molar-refractivity contribution in [3.8, 4) is 5.75 Å². The van der Waals surface area contributed by atoms with Crippen LogP contribution in [0.1, 0.15) is 19.4 Å². The number of sulfonamides is 2. The molecule has 0 bridgehead atoms. The number of rotatable bonds is 11. The van der Waals surface area contributed by atoms with Crippen molar-refractivity contribution in [2.24, 2.45) is 0 Å². The van der Waals surface area contributed by atoms with E-state index in [9.17, 15) is 21.6 Å². The maximum absolute atomic E-state index is 13.5. The van der Waals surface area contributed by atoms with Gasteiger partial charge in [0.2, 0.25) is 15.9 Å². The number of methoxy groups -OCH3 is 1. The first-order chi connectivity index (χ1) is 17.5. The zero-order valence-electron chi connectivity index (χ0n) is 21.2. The van der Waals surface area contributed by atoms with Gasteiger partial charge in [0, 0.05) is 18.8 Å². The summed E-state index contributed by atoms with van der Waals surface area (Å²) in [6.07, 6.45) is 0. The summed E-state index contributed by atoms with van der Waals surface area (Å²) in [5.74, 6) is -0.0495. The van der Waals surface area contributed by atoms with E-state index in [0.717, 1.165) is 9.87 Å². The molecule has 37 heavy (non-hydrogen) atoms. The summed E-state index contributed by atoms with van der Waals surface area (Å²) in [6, 6.07) is 18.5. The lowest BCUT2D eigenvalue weighted by molar-refractivity contribution is -0.114. The van der Waals surface area contributed by atoms with Crippen LogP contribution in [0.5, 0.6) is 5.75 Å².